The molecule has 2 heteroatoms. The number of carbonyl (C=O) groups is 1. The van der Waals surface area contributed by atoms with Gasteiger partial charge in [-0.15, -0.1) is 0 Å². The van der Waals surface area contributed by atoms with Gasteiger partial charge in [-0.05, 0) is 11.6 Å². The van der Waals surface area contributed by atoms with Gasteiger partial charge in [0.1, 0.15) is 0 Å². The molecule has 0 aliphatic heterocycles. The summed E-state index contributed by atoms with van der Waals surface area (Å²) >= 11 is 0. The van der Waals surface area contributed by atoms with E-state index in [4.69, 9.17) is 0 Å². The number of nitrogens with one attached hydrogen (secondary N) is 1. The van der Waals surface area contributed by atoms with Gasteiger partial charge in [-0.1, -0.05) is 37.3 Å². The number of carbonyl (C=O) groups excluding carboxylic acids is 1. The van der Waals surface area contributed by atoms with Crippen molar-refractivity contribution < 1.29 is 4.79 Å². The molecule has 0 saturated heterocycles. The van der Waals surface area contributed by atoms with Crippen molar-refractivity contribution in [2.45, 2.75) is 12.8 Å². The summed E-state index contributed by atoms with van der Waals surface area (Å²) < 4.78 is 0. The topological polar surface area (TPSA) is 32.9 Å². The molecule has 0 fully saturated rings. The lowest BCUT2D eigenvalue weighted by atomic mass is 9.94. The van der Waals surface area contributed by atoms with Crippen molar-refractivity contribution in [3.8, 4) is 0 Å². The number of Topliss-reactive ketones (excluding diaryl/α,β-unsaturated/α-hetero) is 1. The molecule has 0 saturated carbocycles. The monoisotopic (exact) mass is 199 g/mol. The molecule has 1 heterocycles. The summed E-state index contributed by atoms with van der Waals surface area (Å²) in [4.78, 5) is 14.9. The molecule has 0 radical (unpaired) electrons. The SMILES string of the molecule is CC(C(=O)c1cc[nH]c1)c1ccccc1. The zero-order chi connectivity index (χ0) is 10.7. The Kier molecular flexibility index (Phi) is 2.68. The molecule has 0 aliphatic carbocycles. The Morgan fingerprint density at radius 1 is 1.20 bits per heavy atom. The Morgan fingerprint density at radius 3 is 2.53 bits per heavy atom. The van der Waals surface area contributed by atoms with Gasteiger partial charge in [0.25, 0.3) is 0 Å². The van der Waals surface area contributed by atoms with Gasteiger partial charge in [0.15, 0.2) is 5.78 Å². The molecule has 0 spiro atoms. The lowest BCUT2D eigenvalue weighted by Crippen LogP contribution is -2.08. The molecule has 0 aliphatic rings. The smallest absolute Gasteiger partial charge is 0.171 e. The summed E-state index contributed by atoms with van der Waals surface area (Å²) in [6, 6.07) is 11.6. The van der Waals surface area contributed by atoms with E-state index >= 15 is 0 Å². The Morgan fingerprint density at radius 2 is 1.93 bits per heavy atom. The lowest BCUT2D eigenvalue weighted by molar-refractivity contribution is 0.0966. The van der Waals surface area contributed by atoms with Gasteiger partial charge in [0.05, 0.1) is 0 Å². The molecule has 15 heavy (non-hydrogen) atoms. The van der Waals surface area contributed by atoms with Crippen LogP contribution in [0.1, 0.15) is 28.8 Å². The molecule has 0 bridgehead atoms. The second kappa shape index (κ2) is 4.13. The predicted octanol–water partition coefficient (Wildman–Crippen LogP) is 3.00. The van der Waals surface area contributed by atoms with E-state index in [0.29, 0.717) is 0 Å². The Balaban J connectivity index is 2.23. The Hall–Kier alpha value is -1.83. The zero-order valence-electron chi connectivity index (χ0n) is 8.60. The van der Waals surface area contributed by atoms with Crippen molar-refractivity contribution in [2.24, 2.45) is 0 Å². The van der Waals surface area contributed by atoms with Gasteiger partial charge < -0.3 is 4.98 Å². The van der Waals surface area contributed by atoms with Crippen LogP contribution in [0.25, 0.3) is 0 Å². The van der Waals surface area contributed by atoms with Crippen LogP contribution in [0.15, 0.2) is 48.8 Å². The largest absolute Gasteiger partial charge is 0.367 e. The molecule has 1 atom stereocenters. The average Bonchev–Trinajstić information content (AvgIpc) is 2.82. The second-order valence-electron chi connectivity index (χ2n) is 3.60. The third-order valence-corrected chi connectivity index (χ3v) is 2.58. The standard InChI is InChI=1S/C13H13NO/c1-10(11-5-3-2-4-6-11)13(15)12-7-8-14-9-12/h2-10,14H,1H3. The maximum Gasteiger partial charge on any atom is 0.171 e. The van der Waals surface area contributed by atoms with Crippen LogP contribution < -0.4 is 0 Å². The molecule has 76 valence electrons. The number of aromatic nitrogens is 1. The molecule has 1 aromatic heterocycles. The maximum atomic E-state index is 12.0. The van der Waals surface area contributed by atoms with Gasteiger partial charge in [-0.2, -0.15) is 0 Å². The van der Waals surface area contributed by atoms with E-state index in [0.717, 1.165) is 11.1 Å². The summed E-state index contributed by atoms with van der Waals surface area (Å²) in [5, 5.41) is 0. The van der Waals surface area contributed by atoms with Crippen molar-refractivity contribution in [3.05, 3.63) is 59.9 Å². The van der Waals surface area contributed by atoms with Crippen molar-refractivity contribution in [2.75, 3.05) is 0 Å². The first-order valence-electron chi connectivity index (χ1n) is 5.01. The summed E-state index contributed by atoms with van der Waals surface area (Å²) in [5.74, 6) is 0.0736. The first-order chi connectivity index (χ1) is 7.29. The number of hydrogen-bond acceptors (Lipinski definition) is 1. The molecular weight excluding hydrogens is 186 g/mol. The van der Waals surface area contributed by atoms with Gasteiger partial charge in [-0.25, -0.2) is 0 Å². The highest BCUT2D eigenvalue weighted by molar-refractivity contribution is 6.00. The van der Waals surface area contributed by atoms with Gasteiger partial charge in [-0.3, -0.25) is 4.79 Å². The first kappa shape index (κ1) is 9.71. The minimum Gasteiger partial charge on any atom is -0.367 e. The number of benzene rings is 1. The lowest BCUT2D eigenvalue weighted by Gasteiger charge is -2.08. The zero-order valence-corrected chi connectivity index (χ0v) is 8.60. The van der Waals surface area contributed by atoms with Crippen LogP contribution >= 0.6 is 0 Å². The summed E-state index contributed by atoms with van der Waals surface area (Å²) in [5.41, 5.74) is 1.80. The quantitative estimate of drug-likeness (QED) is 0.757. The minimum atomic E-state index is -0.0815. The molecule has 1 N–H and O–H groups in total. The Bertz CT molecular complexity index is 431. The summed E-state index contributed by atoms with van der Waals surface area (Å²) in [7, 11) is 0. The molecule has 2 rings (SSSR count). The van der Waals surface area contributed by atoms with E-state index in [1.807, 2.05) is 43.3 Å². The van der Waals surface area contributed by atoms with Crippen LogP contribution in [-0.2, 0) is 0 Å². The van der Waals surface area contributed by atoms with Crippen molar-refractivity contribution >= 4 is 5.78 Å². The van der Waals surface area contributed by atoms with Crippen LogP contribution in [0.2, 0.25) is 0 Å². The normalized spacial score (nSPS) is 12.3. The van der Waals surface area contributed by atoms with Crippen LogP contribution in [0.4, 0.5) is 0 Å². The van der Waals surface area contributed by atoms with E-state index in [2.05, 4.69) is 4.98 Å². The van der Waals surface area contributed by atoms with E-state index < -0.39 is 0 Å². The van der Waals surface area contributed by atoms with Crippen LogP contribution in [0.5, 0.6) is 0 Å². The average molecular weight is 199 g/mol. The fourth-order valence-electron chi connectivity index (χ4n) is 1.62. The fraction of sp³-hybridized carbons (Fsp3) is 0.154. The van der Waals surface area contributed by atoms with E-state index in [-0.39, 0.29) is 11.7 Å². The van der Waals surface area contributed by atoms with Gasteiger partial charge in [0, 0.05) is 23.9 Å². The van der Waals surface area contributed by atoms with E-state index in [1.54, 1.807) is 12.4 Å². The first-order valence-corrected chi connectivity index (χ1v) is 5.01. The van der Waals surface area contributed by atoms with Crippen LogP contribution in [-0.4, -0.2) is 10.8 Å². The molecular formula is C13H13NO. The summed E-state index contributed by atoms with van der Waals surface area (Å²) in [6.07, 6.45) is 3.51. The van der Waals surface area contributed by atoms with Crippen molar-refractivity contribution in [3.63, 3.8) is 0 Å². The van der Waals surface area contributed by atoms with Gasteiger partial charge in [0.2, 0.25) is 0 Å². The number of rotatable bonds is 3. The van der Waals surface area contributed by atoms with Gasteiger partial charge >= 0.3 is 0 Å². The molecule has 2 aromatic rings. The van der Waals surface area contributed by atoms with E-state index in [9.17, 15) is 4.79 Å². The van der Waals surface area contributed by atoms with Crippen LogP contribution in [0.3, 0.4) is 0 Å². The molecule has 2 nitrogen and oxygen atoms in total. The molecule has 1 aromatic carbocycles. The highest BCUT2D eigenvalue weighted by Crippen LogP contribution is 2.19. The molecule has 0 amide bonds. The highest BCUT2D eigenvalue weighted by atomic mass is 16.1. The van der Waals surface area contributed by atoms with Crippen molar-refractivity contribution in [1.82, 2.24) is 4.98 Å². The third-order valence-electron chi connectivity index (χ3n) is 2.58. The Labute approximate surface area is 89.0 Å². The highest BCUT2D eigenvalue weighted by Gasteiger charge is 2.16. The predicted molar refractivity (Wildman–Crippen MR) is 60.0 cm³/mol. The number of H-pyrrole nitrogens is 1. The maximum absolute atomic E-state index is 12.0. The number of hydrogen-bond donors (Lipinski definition) is 1. The minimum absolute atomic E-state index is 0.0815. The van der Waals surface area contributed by atoms with Crippen molar-refractivity contribution in [1.29, 1.82) is 0 Å². The third kappa shape index (κ3) is 1.99. The number of ketones is 1. The fourth-order valence-corrected chi connectivity index (χ4v) is 1.62. The summed E-state index contributed by atoms with van der Waals surface area (Å²) in [6.45, 7) is 1.94. The number of aromatic amines is 1. The van der Waals surface area contributed by atoms with E-state index in [1.165, 1.54) is 0 Å². The van der Waals surface area contributed by atoms with Crippen LogP contribution in [0, 0.1) is 0 Å². The molecule has 1 unspecified atom stereocenters. The second-order valence-corrected chi connectivity index (χ2v) is 3.60.